The predicted molar refractivity (Wildman–Crippen MR) is 102 cm³/mol. The predicted octanol–water partition coefficient (Wildman–Crippen LogP) is 6.95. The SMILES string of the molecule is CC(/C=C\Cc1ccc(C(=C/C(C)F)/C=C(/F)C(C)C)cc1)=C/CF. The van der Waals surface area contributed by atoms with E-state index in [1.807, 2.05) is 43.3 Å². The van der Waals surface area contributed by atoms with Crippen LogP contribution in [-0.4, -0.2) is 12.8 Å². The van der Waals surface area contributed by atoms with Gasteiger partial charge in [-0.1, -0.05) is 61.9 Å². The molecule has 25 heavy (non-hydrogen) atoms. The highest BCUT2D eigenvalue weighted by Crippen LogP contribution is 2.23. The summed E-state index contributed by atoms with van der Waals surface area (Å²) in [6, 6.07) is 7.61. The molecule has 1 aromatic rings. The van der Waals surface area contributed by atoms with Crippen LogP contribution in [0.25, 0.3) is 5.57 Å². The molecule has 3 heteroatoms. The Bertz CT molecular complexity index is 644. The molecular weight excluding hydrogens is 321 g/mol. The summed E-state index contributed by atoms with van der Waals surface area (Å²) < 4.78 is 39.5. The largest absolute Gasteiger partial charge is 0.247 e. The average Bonchev–Trinajstić information content (AvgIpc) is 2.54. The Morgan fingerprint density at radius 3 is 2.28 bits per heavy atom. The topological polar surface area (TPSA) is 0 Å². The van der Waals surface area contributed by atoms with E-state index in [0.29, 0.717) is 12.0 Å². The summed E-state index contributed by atoms with van der Waals surface area (Å²) in [4.78, 5) is 0. The van der Waals surface area contributed by atoms with Gasteiger partial charge in [0, 0.05) is 5.92 Å². The van der Waals surface area contributed by atoms with Crippen molar-refractivity contribution < 1.29 is 13.2 Å². The van der Waals surface area contributed by atoms with E-state index < -0.39 is 12.8 Å². The monoisotopic (exact) mass is 348 g/mol. The van der Waals surface area contributed by atoms with Gasteiger partial charge in [0.25, 0.3) is 0 Å². The van der Waals surface area contributed by atoms with Crippen LogP contribution in [0.4, 0.5) is 13.2 Å². The average molecular weight is 348 g/mol. The van der Waals surface area contributed by atoms with Crippen LogP contribution < -0.4 is 0 Å². The summed E-state index contributed by atoms with van der Waals surface area (Å²) in [7, 11) is 0. The fraction of sp³-hybridized carbons (Fsp3) is 0.364. The van der Waals surface area contributed by atoms with Crippen molar-refractivity contribution in [2.75, 3.05) is 6.67 Å². The van der Waals surface area contributed by atoms with Gasteiger partial charge in [-0.3, -0.25) is 0 Å². The molecule has 136 valence electrons. The Hall–Kier alpha value is -2.03. The number of hydrogen-bond acceptors (Lipinski definition) is 0. The molecule has 0 aliphatic heterocycles. The molecule has 1 atom stereocenters. The highest BCUT2D eigenvalue weighted by molar-refractivity contribution is 5.75. The fourth-order valence-electron chi connectivity index (χ4n) is 2.19. The zero-order chi connectivity index (χ0) is 18.8. The molecule has 1 aromatic carbocycles. The normalized spacial score (nSPS) is 15.3. The van der Waals surface area contributed by atoms with Crippen LogP contribution >= 0.6 is 0 Å². The fourth-order valence-corrected chi connectivity index (χ4v) is 2.19. The molecule has 0 radical (unpaired) electrons. The van der Waals surface area contributed by atoms with Crippen molar-refractivity contribution in [3.63, 3.8) is 0 Å². The van der Waals surface area contributed by atoms with Crippen LogP contribution in [0.3, 0.4) is 0 Å². The van der Waals surface area contributed by atoms with E-state index >= 15 is 0 Å². The molecule has 0 bridgehead atoms. The number of rotatable bonds is 8. The zero-order valence-electron chi connectivity index (χ0n) is 15.4. The molecule has 0 heterocycles. The highest BCUT2D eigenvalue weighted by Gasteiger charge is 2.07. The zero-order valence-corrected chi connectivity index (χ0v) is 15.4. The third-order valence-corrected chi connectivity index (χ3v) is 3.67. The molecule has 0 aliphatic rings. The van der Waals surface area contributed by atoms with Crippen LogP contribution in [0.2, 0.25) is 0 Å². The van der Waals surface area contributed by atoms with Gasteiger partial charge in [-0.2, -0.15) is 0 Å². The van der Waals surface area contributed by atoms with Gasteiger partial charge in [-0.15, -0.1) is 0 Å². The number of allylic oxidation sites excluding steroid dienone is 8. The second-order valence-corrected chi connectivity index (χ2v) is 6.39. The Balaban J connectivity index is 2.94. The van der Waals surface area contributed by atoms with E-state index in [2.05, 4.69) is 0 Å². The van der Waals surface area contributed by atoms with Crippen molar-refractivity contribution in [2.24, 2.45) is 5.92 Å². The first kappa shape index (κ1) is 21.0. The van der Waals surface area contributed by atoms with Gasteiger partial charge in [-0.05, 0) is 49.1 Å². The van der Waals surface area contributed by atoms with Crippen molar-refractivity contribution in [3.8, 4) is 0 Å². The number of benzene rings is 1. The number of alkyl halides is 2. The molecule has 1 rings (SSSR count). The molecule has 0 saturated heterocycles. The summed E-state index contributed by atoms with van der Waals surface area (Å²) in [5.41, 5.74) is 3.29. The van der Waals surface area contributed by atoms with Gasteiger partial charge in [0.1, 0.15) is 18.7 Å². The van der Waals surface area contributed by atoms with Gasteiger partial charge in [-0.25, -0.2) is 13.2 Å². The van der Waals surface area contributed by atoms with Crippen LogP contribution in [0.5, 0.6) is 0 Å². The van der Waals surface area contributed by atoms with Crippen LogP contribution in [0, 0.1) is 5.92 Å². The van der Waals surface area contributed by atoms with Gasteiger partial charge in [0.2, 0.25) is 0 Å². The smallest absolute Gasteiger partial charge is 0.116 e. The Kier molecular flexibility index (Phi) is 9.04. The molecule has 0 aliphatic carbocycles. The van der Waals surface area contributed by atoms with Crippen LogP contribution in [-0.2, 0) is 6.42 Å². The van der Waals surface area contributed by atoms with Crippen molar-refractivity contribution in [2.45, 2.75) is 40.3 Å². The van der Waals surface area contributed by atoms with Crippen LogP contribution in [0.15, 0.2) is 66.0 Å². The Morgan fingerprint density at radius 2 is 1.76 bits per heavy atom. The second-order valence-electron chi connectivity index (χ2n) is 6.39. The van der Waals surface area contributed by atoms with Crippen molar-refractivity contribution in [1.29, 1.82) is 0 Å². The van der Waals surface area contributed by atoms with E-state index in [4.69, 9.17) is 0 Å². The minimum Gasteiger partial charge on any atom is -0.247 e. The summed E-state index contributed by atoms with van der Waals surface area (Å²) in [5, 5.41) is 0. The molecular formula is C22H27F3. The molecule has 0 saturated carbocycles. The van der Waals surface area contributed by atoms with Gasteiger partial charge >= 0.3 is 0 Å². The molecule has 0 aromatic heterocycles. The first-order valence-corrected chi connectivity index (χ1v) is 8.55. The highest BCUT2D eigenvalue weighted by atomic mass is 19.1. The third kappa shape index (κ3) is 8.06. The molecule has 0 N–H and O–H groups in total. The van der Waals surface area contributed by atoms with Crippen molar-refractivity contribution >= 4 is 5.57 Å². The minimum absolute atomic E-state index is 0.233. The molecule has 1 unspecified atom stereocenters. The Labute approximate surface area is 149 Å². The quantitative estimate of drug-likeness (QED) is 0.446. The lowest BCUT2D eigenvalue weighted by atomic mass is 9.99. The molecule has 0 amide bonds. The maximum absolute atomic E-state index is 14.0. The molecule has 0 fully saturated rings. The van der Waals surface area contributed by atoms with E-state index in [1.165, 1.54) is 25.2 Å². The number of halogens is 3. The first-order chi connectivity index (χ1) is 11.8. The maximum Gasteiger partial charge on any atom is 0.116 e. The lowest BCUT2D eigenvalue weighted by molar-refractivity contribution is 0.431. The second kappa shape index (κ2) is 10.8. The third-order valence-electron chi connectivity index (χ3n) is 3.67. The minimum atomic E-state index is -1.15. The Morgan fingerprint density at radius 1 is 1.12 bits per heavy atom. The van der Waals surface area contributed by atoms with E-state index in [9.17, 15) is 13.2 Å². The first-order valence-electron chi connectivity index (χ1n) is 8.55. The summed E-state index contributed by atoms with van der Waals surface area (Å²) in [6.07, 6.45) is 7.75. The van der Waals surface area contributed by atoms with E-state index in [0.717, 1.165) is 16.7 Å². The van der Waals surface area contributed by atoms with Gasteiger partial charge < -0.3 is 0 Å². The summed E-state index contributed by atoms with van der Waals surface area (Å²) in [6.45, 7) is 6.33. The maximum atomic E-state index is 14.0. The van der Waals surface area contributed by atoms with Gasteiger partial charge in [0.15, 0.2) is 0 Å². The van der Waals surface area contributed by atoms with E-state index in [1.54, 1.807) is 13.8 Å². The summed E-state index contributed by atoms with van der Waals surface area (Å²) in [5.74, 6) is -0.502. The van der Waals surface area contributed by atoms with Crippen LogP contribution in [0.1, 0.15) is 38.8 Å². The van der Waals surface area contributed by atoms with E-state index in [-0.39, 0.29) is 11.7 Å². The molecule has 0 nitrogen and oxygen atoms in total. The summed E-state index contributed by atoms with van der Waals surface area (Å²) >= 11 is 0. The van der Waals surface area contributed by atoms with Crippen molar-refractivity contribution in [3.05, 3.63) is 77.2 Å². The number of hydrogen-bond donors (Lipinski definition) is 0. The van der Waals surface area contributed by atoms with Crippen molar-refractivity contribution in [1.82, 2.24) is 0 Å². The standard InChI is InChI=1S/C22H27F3/c1-16(2)22(25)15-21(14-18(4)24)20-10-8-19(9-11-20)7-5-6-17(3)12-13-23/h5-6,8-12,14-16,18H,7,13H2,1-4H3/b6-5-,17-12-,21-14+,22-15+. The van der Waals surface area contributed by atoms with Gasteiger partial charge in [0.05, 0.1) is 0 Å². The molecule has 0 spiro atoms. The lowest BCUT2D eigenvalue weighted by Crippen LogP contribution is -1.93. The lowest BCUT2D eigenvalue weighted by Gasteiger charge is -2.08.